The molecule has 7 heteroatoms. The molecule has 6 nitrogen and oxygen atoms in total. The van der Waals surface area contributed by atoms with Crippen LogP contribution in [0.1, 0.15) is 17.4 Å². The van der Waals surface area contributed by atoms with E-state index in [1.54, 1.807) is 18.5 Å². The van der Waals surface area contributed by atoms with Crippen molar-refractivity contribution in [3.8, 4) is 0 Å². The third-order valence-electron chi connectivity index (χ3n) is 2.26. The lowest BCUT2D eigenvalue weighted by molar-refractivity contribution is 0.102. The highest BCUT2D eigenvalue weighted by molar-refractivity contribution is 9.10. The van der Waals surface area contributed by atoms with Crippen molar-refractivity contribution in [2.75, 3.05) is 17.2 Å². The summed E-state index contributed by atoms with van der Waals surface area (Å²) >= 11 is 3.31. The molecule has 2 heterocycles. The molecule has 0 atom stereocenters. The van der Waals surface area contributed by atoms with Crippen LogP contribution in [0.25, 0.3) is 0 Å². The Morgan fingerprint density at radius 1 is 1.32 bits per heavy atom. The van der Waals surface area contributed by atoms with E-state index < -0.39 is 0 Å². The minimum Gasteiger partial charge on any atom is -0.369 e. The van der Waals surface area contributed by atoms with Crippen LogP contribution in [0.3, 0.4) is 0 Å². The van der Waals surface area contributed by atoms with E-state index in [4.69, 9.17) is 0 Å². The van der Waals surface area contributed by atoms with Crippen LogP contribution in [0.15, 0.2) is 35.3 Å². The molecule has 0 bridgehead atoms. The van der Waals surface area contributed by atoms with Gasteiger partial charge in [-0.15, -0.1) is 0 Å². The second kappa shape index (κ2) is 6.24. The van der Waals surface area contributed by atoms with Crippen molar-refractivity contribution < 1.29 is 4.79 Å². The van der Waals surface area contributed by atoms with Crippen molar-refractivity contribution >= 4 is 33.3 Å². The number of carbonyl (C=O) groups is 1. The normalized spacial score (nSPS) is 10.0. The fraction of sp³-hybridized carbons (Fsp3) is 0.167. The van der Waals surface area contributed by atoms with Crippen LogP contribution in [0.2, 0.25) is 0 Å². The predicted octanol–water partition coefficient (Wildman–Crippen LogP) is 2.32. The minimum atomic E-state index is -0.317. The molecular formula is C12H12BrN5O. The van der Waals surface area contributed by atoms with Crippen LogP contribution in [0.4, 0.5) is 11.5 Å². The van der Waals surface area contributed by atoms with Crippen LogP contribution >= 0.6 is 15.9 Å². The van der Waals surface area contributed by atoms with Gasteiger partial charge in [-0.05, 0) is 28.9 Å². The highest BCUT2D eigenvalue weighted by Gasteiger charge is 2.10. The second-order valence-corrected chi connectivity index (χ2v) is 4.48. The van der Waals surface area contributed by atoms with Gasteiger partial charge in [0.25, 0.3) is 5.91 Å². The minimum absolute atomic E-state index is 0.255. The molecule has 0 aliphatic heterocycles. The van der Waals surface area contributed by atoms with E-state index in [0.717, 1.165) is 6.54 Å². The molecule has 0 aliphatic rings. The number of nitrogens with zero attached hydrogens (tertiary/aromatic N) is 3. The zero-order valence-corrected chi connectivity index (χ0v) is 11.8. The van der Waals surface area contributed by atoms with Gasteiger partial charge in [-0.25, -0.2) is 9.97 Å². The number of carbonyl (C=O) groups excluding carboxylic acids is 1. The molecule has 98 valence electrons. The van der Waals surface area contributed by atoms with Gasteiger partial charge in [-0.2, -0.15) is 0 Å². The molecule has 0 radical (unpaired) electrons. The molecule has 0 unspecified atom stereocenters. The first kappa shape index (κ1) is 13.4. The van der Waals surface area contributed by atoms with E-state index in [-0.39, 0.29) is 11.6 Å². The SMILES string of the molecule is CCNc1cnc(C(=O)Nc2ccncc2Br)cn1. The van der Waals surface area contributed by atoms with Gasteiger partial charge < -0.3 is 10.6 Å². The molecule has 0 aliphatic carbocycles. The third-order valence-corrected chi connectivity index (χ3v) is 2.89. The van der Waals surface area contributed by atoms with Crippen LogP contribution in [0.5, 0.6) is 0 Å². The predicted molar refractivity (Wildman–Crippen MR) is 76.1 cm³/mol. The van der Waals surface area contributed by atoms with Crippen LogP contribution in [-0.4, -0.2) is 27.4 Å². The Hall–Kier alpha value is -2.02. The molecular weight excluding hydrogens is 310 g/mol. The Labute approximate surface area is 118 Å². The first-order valence-corrected chi connectivity index (χ1v) is 6.46. The van der Waals surface area contributed by atoms with Gasteiger partial charge in [-0.1, -0.05) is 0 Å². The average Bonchev–Trinajstić information content (AvgIpc) is 2.42. The fourth-order valence-electron chi connectivity index (χ4n) is 1.38. The molecule has 2 N–H and O–H groups in total. The van der Waals surface area contributed by atoms with Gasteiger partial charge in [0.2, 0.25) is 0 Å². The molecule has 2 aromatic rings. The molecule has 2 aromatic heterocycles. The van der Waals surface area contributed by atoms with E-state index in [2.05, 4.69) is 41.5 Å². The summed E-state index contributed by atoms with van der Waals surface area (Å²) in [6.07, 6.45) is 6.16. The first-order valence-electron chi connectivity index (χ1n) is 5.67. The zero-order chi connectivity index (χ0) is 13.7. The van der Waals surface area contributed by atoms with Gasteiger partial charge in [0, 0.05) is 18.9 Å². The van der Waals surface area contributed by atoms with Crippen molar-refractivity contribution in [1.29, 1.82) is 0 Å². The summed E-state index contributed by atoms with van der Waals surface area (Å²) in [5.74, 6) is 0.326. The number of halogens is 1. The lowest BCUT2D eigenvalue weighted by Crippen LogP contribution is -2.15. The largest absolute Gasteiger partial charge is 0.369 e. The number of aromatic nitrogens is 3. The Morgan fingerprint density at radius 3 is 2.79 bits per heavy atom. The van der Waals surface area contributed by atoms with Gasteiger partial charge in [0.15, 0.2) is 0 Å². The van der Waals surface area contributed by atoms with Crippen molar-refractivity contribution in [2.45, 2.75) is 6.92 Å². The van der Waals surface area contributed by atoms with E-state index in [1.165, 1.54) is 12.4 Å². The Bertz CT molecular complexity index is 573. The summed E-state index contributed by atoms with van der Waals surface area (Å²) in [6, 6.07) is 1.70. The summed E-state index contributed by atoms with van der Waals surface area (Å²) < 4.78 is 0.709. The van der Waals surface area contributed by atoms with Crippen LogP contribution < -0.4 is 10.6 Å². The summed E-state index contributed by atoms with van der Waals surface area (Å²) in [4.78, 5) is 24.0. The molecule has 0 aromatic carbocycles. The molecule has 0 fully saturated rings. The quantitative estimate of drug-likeness (QED) is 0.903. The van der Waals surface area contributed by atoms with E-state index in [1.807, 2.05) is 6.92 Å². The van der Waals surface area contributed by atoms with E-state index in [0.29, 0.717) is 16.0 Å². The second-order valence-electron chi connectivity index (χ2n) is 3.63. The number of pyridine rings is 1. The Kier molecular flexibility index (Phi) is 4.40. The maximum Gasteiger partial charge on any atom is 0.275 e. The topological polar surface area (TPSA) is 79.8 Å². The van der Waals surface area contributed by atoms with Gasteiger partial charge >= 0.3 is 0 Å². The lowest BCUT2D eigenvalue weighted by Gasteiger charge is -2.06. The summed E-state index contributed by atoms with van der Waals surface area (Å²) in [6.45, 7) is 2.72. The van der Waals surface area contributed by atoms with Crippen LogP contribution in [0, 0.1) is 0 Å². The van der Waals surface area contributed by atoms with Gasteiger partial charge in [0.05, 0.1) is 22.6 Å². The van der Waals surface area contributed by atoms with Gasteiger partial charge in [0.1, 0.15) is 11.5 Å². The third kappa shape index (κ3) is 3.47. The monoisotopic (exact) mass is 321 g/mol. The Balaban J connectivity index is 2.10. The number of nitrogens with one attached hydrogen (secondary N) is 2. The maximum atomic E-state index is 12.0. The molecule has 1 amide bonds. The number of rotatable bonds is 4. The van der Waals surface area contributed by atoms with Crippen molar-refractivity contribution in [2.24, 2.45) is 0 Å². The summed E-state index contributed by atoms with van der Waals surface area (Å²) in [5, 5.41) is 5.74. The van der Waals surface area contributed by atoms with Crippen molar-refractivity contribution in [1.82, 2.24) is 15.0 Å². The average molecular weight is 322 g/mol. The molecule has 0 saturated heterocycles. The van der Waals surface area contributed by atoms with Crippen LogP contribution in [-0.2, 0) is 0 Å². The van der Waals surface area contributed by atoms with Crippen molar-refractivity contribution in [3.63, 3.8) is 0 Å². The molecule has 2 rings (SSSR count). The molecule has 19 heavy (non-hydrogen) atoms. The highest BCUT2D eigenvalue weighted by Crippen LogP contribution is 2.20. The standard InChI is InChI=1S/C12H12BrN5O/c1-2-15-11-7-16-10(6-17-11)12(19)18-9-3-4-14-5-8(9)13/h3-7H,2H2,1H3,(H,15,17)(H,14,18,19). The maximum absolute atomic E-state index is 12.0. The van der Waals surface area contributed by atoms with Gasteiger partial charge in [-0.3, -0.25) is 9.78 Å². The number of hydrogen-bond acceptors (Lipinski definition) is 5. The number of amides is 1. The lowest BCUT2D eigenvalue weighted by atomic mass is 10.3. The molecule has 0 spiro atoms. The Morgan fingerprint density at radius 2 is 2.16 bits per heavy atom. The number of anilines is 2. The highest BCUT2D eigenvalue weighted by atomic mass is 79.9. The summed E-state index contributed by atoms with van der Waals surface area (Å²) in [5.41, 5.74) is 0.892. The van der Waals surface area contributed by atoms with Crippen molar-refractivity contribution in [3.05, 3.63) is 41.0 Å². The smallest absolute Gasteiger partial charge is 0.275 e. The van der Waals surface area contributed by atoms with E-state index in [9.17, 15) is 4.79 Å². The zero-order valence-electron chi connectivity index (χ0n) is 10.2. The summed E-state index contributed by atoms with van der Waals surface area (Å²) in [7, 11) is 0. The fourth-order valence-corrected chi connectivity index (χ4v) is 1.73. The van der Waals surface area contributed by atoms with E-state index >= 15 is 0 Å². The molecule has 0 saturated carbocycles. The first-order chi connectivity index (χ1) is 9.20. The number of hydrogen-bond donors (Lipinski definition) is 2.